The molecule has 1 saturated heterocycles. The van der Waals surface area contributed by atoms with Gasteiger partial charge in [0, 0.05) is 29.0 Å². The number of carbonyl (C=O) groups excluding carboxylic acids is 1. The number of allylic oxidation sites excluding steroid dienone is 1. The third-order valence-corrected chi connectivity index (χ3v) is 7.06. The Bertz CT molecular complexity index is 775. The molecule has 3 aliphatic heterocycles. The summed E-state index contributed by atoms with van der Waals surface area (Å²) in [6.07, 6.45) is 3.02. The normalized spacial score (nSPS) is 32.9. The molecule has 0 bridgehead atoms. The van der Waals surface area contributed by atoms with Crippen molar-refractivity contribution in [3.8, 4) is 0 Å². The van der Waals surface area contributed by atoms with Crippen molar-refractivity contribution in [2.24, 2.45) is 9.98 Å². The summed E-state index contributed by atoms with van der Waals surface area (Å²) in [5.74, 6) is -0.287. The van der Waals surface area contributed by atoms with E-state index in [1.165, 1.54) is 18.6 Å². The van der Waals surface area contributed by atoms with E-state index in [9.17, 15) is 18.3 Å². The Morgan fingerprint density at radius 2 is 2.27 bits per heavy atom. The molecule has 0 saturated carbocycles. The maximum atomic E-state index is 12.4. The number of quaternary nitrogens is 1. The Hall–Kier alpha value is -1.23. The van der Waals surface area contributed by atoms with Gasteiger partial charge in [0.15, 0.2) is 21.6 Å². The van der Waals surface area contributed by atoms with Crippen LogP contribution in [0.4, 0.5) is 4.79 Å². The summed E-state index contributed by atoms with van der Waals surface area (Å²) in [4.78, 5) is 20.1. The van der Waals surface area contributed by atoms with E-state index in [1.807, 2.05) is 0 Å². The summed E-state index contributed by atoms with van der Waals surface area (Å²) >= 11 is 9.64. The van der Waals surface area contributed by atoms with Gasteiger partial charge in [-0.05, 0) is 0 Å². The first kappa shape index (κ1) is 15.7. The molecule has 3 aliphatic rings. The number of aliphatic imine (C=N–C) groups is 2. The largest absolute Gasteiger partial charge is 0.530 e. The van der Waals surface area contributed by atoms with Crippen LogP contribution in [0.15, 0.2) is 33.8 Å². The van der Waals surface area contributed by atoms with Crippen LogP contribution in [0.3, 0.4) is 0 Å². The molecule has 11 heteroatoms. The number of carboxylic acid groups (broad SMARTS) is 1. The molecular weight excluding hydrogens is 400 g/mol. The molecule has 1 amide bonds. The van der Waals surface area contributed by atoms with Crippen molar-refractivity contribution in [2.45, 2.75) is 5.25 Å². The molecule has 0 aromatic rings. The molecule has 3 heterocycles. The fraction of sp³-hybridized carbons (Fsp3) is 0.364. The van der Waals surface area contributed by atoms with Crippen LogP contribution in [0.25, 0.3) is 0 Å². The van der Waals surface area contributed by atoms with Gasteiger partial charge in [0.1, 0.15) is 23.2 Å². The van der Waals surface area contributed by atoms with Crippen LogP contribution in [0.2, 0.25) is 0 Å². The van der Waals surface area contributed by atoms with E-state index in [4.69, 9.17) is 11.8 Å². The molecule has 8 nitrogen and oxygen atoms in total. The number of carbonyl (C=O) groups is 1. The Morgan fingerprint density at radius 3 is 2.95 bits per heavy atom. The van der Waals surface area contributed by atoms with Crippen LogP contribution in [-0.4, -0.2) is 58.5 Å². The zero-order valence-electron chi connectivity index (χ0n) is 11.0. The predicted molar refractivity (Wildman–Crippen MR) is 81.7 cm³/mol. The first-order valence-corrected chi connectivity index (χ1v) is 9.06. The zero-order chi connectivity index (χ0) is 16.1. The summed E-state index contributed by atoms with van der Waals surface area (Å²) in [6, 6.07) is 0. The lowest BCUT2D eigenvalue weighted by Crippen LogP contribution is -2.53. The molecule has 118 valence electrons. The summed E-state index contributed by atoms with van der Waals surface area (Å²) in [7, 11) is -3.55. The molecule has 2 unspecified atom stereocenters. The fourth-order valence-electron chi connectivity index (χ4n) is 2.48. The Kier molecular flexibility index (Phi) is 3.67. The van der Waals surface area contributed by atoms with E-state index in [1.54, 1.807) is 0 Å². The zero-order valence-corrected chi connectivity index (χ0v) is 14.2. The number of halogens is 2. The van der Waals surface area contributed by atoms with Crippen molar-refractivity contribution in [3.05, 3.63) is 23.8 Å². The van der Waals surface area contributed by atoms with Crippen LogP contribution < -0.4 is 5.11 Å². The standard InChI is InChI=1S/C11H10BrClN4O4S/c12-10-15-9(7-5-14-1-3-17(7,10)13)8-6-16(11(18)19)2-4-22(8,20)21/h1,3,5,8H,2,4,6H2. The SMILES string of the molecule is O=C([O-])N1CCS(=O)(=O)C(C2=C3C=NC=C[N+]3(Cl)C(Br)=N2)C1. The van der Waals surface area contributed by atoms with Crippen LogP contribution in [0.5, 0.6) is 0 Å². The minimum absolute atomic E-state index is 0.108. The lowest BCUT2D eigenvalue weighted by atomic mass is 10.2. The Labute approximate surface area is 139 Å². The van der Waals surface area contributed by atoms with Crippen LogP contribution in [0.1, 0.15) is 0 Å². The van der Waals surface area contributed by atoms with Crippen molar-refractivity contribution < 1.29 is 22.3 Å². The summed E-state index contributed by atoms with van der Waals surface area (Å²) in [6.45, 7) is -0.342. The van der Waals surface area contributed by atoms with Gasteiger partial charge in [-0.25, -0.2) is 8.42 Å². The molecule has 0 radical (unpaired) electrons. The Balaban J connectivity index is 2.08. The van der Waals surface area contributed by atoms with Crippen LogP contribution in [0, 0.1) is 0 Å². The van der Waals surface area contributed by atoms with Gasteiger partial charge in [-0.15, -0.1) is 4.00 Å². The van der Waals surface area contributed by atoms with Gasteiger partial charge < -0.3 is 14.8 Å². The topological polar surface area (TPSA) is 102 Å². The molecular formula is C11H10BrClN4O4S. The highest BCUT2D eigenvalue weighted by Gasteiger charge is 2.49. The van der Waals surface area contributed by atoms with Crippen molar-refractivity contribution in [1.82, 2.24) is 4.90 Å². The lowest BCUT2D eigenvalue weighted by Gasteiger charge is -2.34. The number of amidine groups is 1. The first-order valence-electron chi connectivity index (χ1n) is 6.22. The summed E-state index contributed by atoms with van der Waals surface area (Å²) < 4.78 is 24.6. The predicted octanol–water partition coefficient (Wildman–Crippen LogP) is -0.0690. The molecule has 0 aromatic heterocycles. The van der Waals surface area contributed by atoms with Crippen molar-refractivity contribution in [3.63, 3.8) is 0 Å². The fourth-order valence-corrected chi connectivity index (χ4v) is 4.87. The van der Waals surface area contributed by atoms with Gasteiger partial charge in [-0.1, -0.05) is 0 Å². The Morgan fingerprint density at radius 1 is 1.55 bits per heavy atom. The molecule has 3 rings (SSSR count). The number of amides is 1. The molecule has 22 heavy (non-hydrogen) atoms. The highest BCUT2D eigenvalue weighted by Crippen LogP contribution is 2.40. The van der Waals surface area contributed by atoms with E-state index >= 15 is 0 Å². The number of hydrogen-bond acceptors (Lipinski definition) is 6. The third kappa shape index (κ3) is 2.30. The summed E-state index contributed by atoms with van der Waals surface area (Å²) in [5.41, 5.74) is 0.575. The maximum Gasteiger partial charge on any atom is 0.299 e. The van der Waals surface area contributed by atoms with Crippen LogP contribution >= 0.6 is 27.7 Å². The number of sulfone groups is 1. The van der Waals surface area contributed by atoms with Gasteiger partial charge in [0.05, 0.1) is 18.2 Å². The molecule has 0 N–H and O–H groups in total. The van der Waals surface area contributed by atoms with Gasteiger partial charge in [0.25, 0.3) is 4.74 Å². The molecule has 0 spiro atoms. The van der Waals surface area contributed by atoms with E-state index in [2.05, 4.69) is 25.9 Å². The van der Waals surface area contributed by atoms with Gasteiger partial charge in [-0.3, -0.25) is 4.99 Å². The second kappa shape index (κ2) is 5.15. The monoisotopic (exact) mass is 408 g/mol. The van der Waals surface area contributed by atoms with E-state index in [0.29, 0.717) is 10.4 Å². The van der Waals surface area contributed by atoms with Crippen molar-refractivity contribution in [2.75, 3.05) is 18.8 Å². The average molecular weight is 410 g/mol. The quantitative estimate of drug-likeness (QED) is 0.447. The van der Waals surface area contributed by atoms with Gasteiger partial charge in [-0.2, -0.15) is 4.99 Å². The number of nitrogens with zero attached hydrogens (tertiary/aromatic N) is 4. The molecule has 0 aliphatic carbocycles. The smallest absolute Gasteiger partial charge is 0.299 e. The number of fused-ring (bicyclic) bond motifs is 1. The second-order valence-electron chi connectivity index (χ2n) is 4.93. The maximum absolute atomic E-state index is 12.4. The minimum atomic E-state index is -3.55. The lowest BCUT2D eigenvalue weighted by molar-refractivity contribution is -0.595. The van der Waals surface area contributed by atoms with Gasteiger partial charge >= 0.3 is 0 Å². The van der Waals surface area contributed by atoms with Gasteiger partial charge in [0.2, 0.25) is 5.70 Å². The third-order valence-electron chi connectivity index (χ3n) is 3.68. The number of rotatable bonds is 1. The van der Waals surface area contributed by atoms with E-state index < -0.39 is 21.2 Å². The average Bonchev–Trinajstić information content (AvgIpc) is 2.70. The molecule has 1 fully saturated rings. The van der Waals surface area contributed by atoms with E-state index in [0.717, 1.165) is 4.90 Å². The molecule has 2 atom stereocenters. The highest BCUT2D eigenvalue weighted by atomic mass is 79.9. The van der Waals surface area contributed by atoms with Crippen LogP contribution in [-0.2, 0) is 9.84 Å². The number of hydrogen-bond donors (Lipinski definition) is 0. The van der Waals surface area contributed by atoms with Crippen molar-refractivity contribution in [1.29, 1.82) is 0 Å². The highest BCUT2D eigenvalue weighted by molar-refractivity contribution is 9.18. The first-order chi connectivity index (χ1) is 10.3. The van der Waals surface area contributed by atoms with Crippen molar-refractivity contribution >= 4 is 54.6 Å². The second-order valence-corrected chi connectivity index (χ2v) is 8.48. The minimum Gasteiger partial charge on any atom is -0.530 e. The summed E-state index contributed by atoms with van der Waals surface area (Å²) in [5, 5.41) is 9.93. The molecule has 0 aromatic carbocycles. The van der Waals surface area contributed by atoms with E-state index in [-0.39, 0.29) is 28.5 Å².